The van der Waals surface area contributed by atoms with Gasteiger partial charge in [0.15, 0.2) is 0 Å². The summed E-state index contributed by atoms with van der Waals surface area (Å²) in [6.45, 7) is 10.4. The summed E-state index contributed by atoms with van der Waals surface area (Å²) in [7, 11) is 0. The predicted octanol–water partition coefficient (Wildman–Crippen LogP) is 4.24. The van der Waals surface area contributed by atoms with Crippen LogP contribution in [0.4, 0.5) is 20.4 Å². The minimum absolute atomic E-state index is 0.0354. The molecule has 1 fully saturated rings. The first-order chi connectivity index (χ1) is 16.7. The number of nitrogens with one attached hydrogen (secondary N) is 2. The molecule has 2 atom stereocenters. The number of alkyl halides is 2. The van der Waals surface area contributed by atoms with Crippen molar-refractivity contribution in [1.29, 1.82) is 0 Å². The molecule has 1 aromatic carbocycles. The van der Waals surface area contributed by atoms with Gasteiger partial charge in [-0.1, -0.05) is 44.2 Å². The predicted molar refractivity (Wildman–Crippen MR) is 134 cm³/mol. The molecular weight excluding hydrogens is 474 g/mol. The highest BCUT2D eigenvalue weighted by Gasteiger charge is 2.36. The Balaban J connectivity index is 1.50. The molecule has 3 heterocycles. The standard InChI is InChI=1S/C25H31ClF2N6O/c1-15(2)29-13-20(17-4-6-18(26)7-5-17)25(35)34-10-8-33(9-11-34)24-21-19(22(27)28)12-16(3)32-23(21)30-14-31-24/h4-7,14-15,19-20,22,29H,3,8-13H2,1-2H3,(H,30,31,32)/t19?,20-/m1/s1. The molecule has 0 bridgehead atoms. The van der Waals surface area contributed by atoms with E-state index in [-0.39, 0.29) is 24.3 Å². The molecule has 35 heavy (non-hydrogen) atoms. The molecular formula is C25H31ClF2N6O. The molecule has 2 aromatic rings. The van der Waals surface area contributed by atoms with Crippen LogP contribution in [0.3, 0.4) is 0 Å². The van der Waals surface area contributed by atoms with Gasteiger partial charge < -0.3 is 20.4 Å². The van der Waals surface area contributed by atoms with Gasteiger partial charge >= 0.3 is 0 Å². The average molecular weight is 505 g/mol. The van der Waals surface area contributed by atoms with Gasteiger partial charge in [0.2, 0.25) is 12.3 Å². The van der Waals surface area contributed by atoms with Gasteiger partial charge in [0.1, 0.15) is 18.0 Å². The van der Waals surface area contributed by atoms with Crippen molar-refractivity contribution in [3.05, 3.63) is 59.0 Å². The molecule has 2 aliphatic rings. The van der Waals surface area contributed by atoms with E-state index in [0.29, 0.717) is 60.6 Å². The lowest BCUT2D eigenvalue weighted by Crippen LogP contribution is -2.51. The minimum atomic E-state index is -2.55. The molecule has 1 aromatic heterocycles. The van der Waals surface area contributed by atoms with Crippen LogP contribution in [0, 0.1) is 0 Å². The summed E-state index contributed by atoms with van der Waals surface area (Å²) in [5, 5.41) is 7.02. The van der Waals surface area contributed by atoms with Crippen molar-refractivity contribution in [2.45, 2.75) is 44.6 Å². The highest BCUT2D eigenvalue weighted by atomic mass is 35.5. The largest absolute Gasteiger partial charge is 0.353 e. The van der Waals surface area contributed by atoms with E-state index in [1.54, 1.807) is 12.1 Å². The maximum absolute atomic E-state index is 13.9. The Labute approximate surface area is 209 Å². The van der Waals surface area contributed by atoms with Crippen LogP contribution in [0.1, 0.15) is 43.2 Å². The number of carbonyl (C=O) groups is 1. The van der Waals surface area contributed by atoms with Crippen LogP contribution in [0.2, 0.25) is 5.02 Å². The van der Waals surface area contributed by atoms with Gasteiger partial charge in [-0.15, -0.1) is 0 Å². The van der Waals surface area contributed by atoms with Crippen LogP contribution in [0.5, 0.6) is 0 Å². The van der Waals surface area contributed by atoms with E-state index in [0.717, 1.165) is 5.56 Å². The van der Waals surface area contributed by atoms with Crippen molar-refractivity contribution < 1.29 is 13.6 Å². The highest BCUT2D eigenvalue weighted by Crippen LogP contribution is 2.42. The first-order valence-electron chi connectivity index (χ1n) is 11.8. The lowest BCUT2D eigenvalue weighted by molar-refractivity contribution is -0.133. The Hall–Kier alpha value is -2.78. The van der Waals surface area contributed by atoms with Gasteiger partial charge in [0, 0.05) is 55.0 Å². The molecule has 2 N–H and O–H groups in total. The number of piperazine rings is 1. The third-order valence-electron chi connectivity index (χ3n) is 6.49. The van der Waals surface area contributed by atoms with Crippen molar-refractivity contribution in [3.8, 4) is 0 Å². The topological polar surface area (TPSA) is 73.4 Å². The summed E-state index contributed by atoms with van der Waals surface area (Å²) in [5.74, 6) is -0.425. The second-order valence-corrected chi connectivity index (χ2v) is 9.75. The molecule has 1 unspecified atom stereocenters. The smallest absolute Gasteiger partial charge is 0.246 e. The number of hydrogen-bond acceptors (Lipinski definition) is 6. The highest BCUT2D eigenvalue weighted by molar-refractivity contribution is 6.30. The monoisotopic (exact) mass is 504 g/mol. The Bertz CT molecular complexity index is 1060. The number of nitrogens with zero attached hydrogens (tertiary/aromatic N) is 4. The van der Waals surface area contributed by atoms with E-state index in [2.05, 4.69) is 27.2 Å². The molecule has 7 nitrogen and oxygen atoms in total. The van der Waals surface area contributed by atoms with Gasteiger partial charge in [-0.05, 0) is 24.1 Å². The van der Waals surface area contributed by atoms with Crippen LogP contribution in [-0.2, 0) is 4.79 Å². The summed E-state index contributed by atoms with van der Waals surface area (Å²) < 4.78 is 27.8. The van der Waals surface area contributed by atoms with Gasteiger partial charge in [0.05, 0.1) is 11.8 Å². The number of allylic oxidation sites excluding steroid dienone is 1. The molecule has 1 saturated heterocycles. The van der Waals surface area contributed by atoms with Crippen LogP contribution < -0.4 is 15.5 Å². The molecule has 0 saturated carbocycles. The van der Waals surface area contributed by atoms with Crippen molar-refractivity contribution in [2.75, 3.05) is 42.9 Å². The van der Waals surface area contributed by atoms with Crippen LogP contribution >= 0.6 is 11.6 Å². The number of fused-ring (bicyclic) bond motifs is 1. The van der Waals surface area contributed by atoms with Gasteiger partial charge in [-0.2, -0.15) is 0 Å². The van der Waals surface area contributed by atoms with Crippen molar-refractivity contribution in [3.63, 3.8) is 0 Å². The zero-order valence-electron chi connectivity index (χ0n) is 20.0. The number of aromatic nitrogens is 2. The fourth-order valence-corrected chi connectivity index (χ4v) is 4.76. The van der Waals surface area contributed by atoms with E-state index in [1.807, 2.05) is 35.8 Å². The lowest BCUT2D eigenvalue weighted by atomic mass is 9.91. The van der Waals surface area contributed by atoms with Gasteiger partial charge in [-0.25, -0.2) is 18.7 Å². The zero-order chi connectivity index (χ0) is 25.1. The first kappa shape index (κ1) is 25.3. The van der Waals surface area contributed by atoms with Crippen LogP contribution in [0.25, 0.3) is 0 Å². The molecule has 188 valence electrons. The molecule has 1 amide bonds. The second-order valence-electron chi connectivity index (χ2n) is 9.31. The number of anilines is 2. The Morgan fingerprint density at radius 3 is 2.51 bits per heavy atom. The number of amides is 1. The van der Waals surface area contributed by atoms with E-state index in [1.165, 1.54) is 6.33 Å². The van der Waals surface area contributed by atoms with Crippen LogP contribution in [-0.4, -0.2) is 66.0 Å². The van der Waals surface area contributed by atoms with Gasteiger partial charge in [0.25, 0.3) is 0 Å². The molecule has 0 spiro atoms. The SMILES string of the molecule is C=C1CC(C(F)F)c2c(ncnc2N2CCN(C(=O)[C@H](CNC(C)C)c3ccc(Cl)cc3)CC2)N1. The maximum Gasteiger partial charge on any atom is 0.246 e. The first-order valence-corrected chi connectivity index (χ1v) is 12.2. The van der Waals surface area contributed by atoms with Crippen molar-refractivity contribution >= 4 is 29.1 Å². The normalized spacial score (nSPS) is 19.1. The summed E-state index contributed by atoms with van der Waals surface area (Å²) >= 11 is 6.05. The summed E-state index contributed by atoms with van der Waals surface area (Å²) in [6.07, 6.45) is -1.03. The van der Waals surface area contributed by atoms with Gasteiger partial charge in [-0.3, -0.25) is 4.79 Å². The number of carbonyl (C=O) groups excluding carboxylic acids is 1. The number of halogens is 3. The van der Waals surface area contributed by atoms with E-state index in [4.69, 9.17) is 11.6 Å². The summed E-state index contributed by atoms with van der Waals surface area (Å²) in [5.41, 5.74) is 1.85. The Morgan fingerprint density at radius 1 is 1.20 bits per heavy atom. The van der Waals surface area contributed by atoms with E-state index >= 15 is 0 Å². The third kappa shape index (κ3) is 5.73. The minimum Gasteiger partial charge on any atom is -0.353 e. The molecule has 2 aliphatic heterocycles. The Kier molecular flexibility index (Phi) is 7.86. The number of rotatable bonds is 7. The fourth-order valence-electron chi connectivity index (χ4n) is 4.64. The zero-order valence-corrected chi connectivity index (χ0v) is 20.7. The summed E-state index contributed by atoms with van der Waals surface area (Å²) in [6, 6.07) is 7.62. The quantitative estimate of drug-likeness (QED) is 0.587. The number of hydrogen-bond donors (Lipinski definition) is 2. The Morgan fingerprint density at radius 2 is 1.89 bits per heavy atom. The molecule has 10 heteroatoms. The molecule has 0 radical (unpaired) electrons. The van der Waals surface area contributed by atoms with E-state index in [9.17, 15) is 13.6 Å². The third-order valence-corrected chi connectivity index (χ3v) is 6.74. The maximum atomic E-state index is 13.9. The average Bonchev–Trinajstić information content (AvgIpc) is 2.84. The lowest BCUT2D eigenvalue weighted by Gasteiger charge is -2.39. The molecule has 0 aliphatic carbocycles. The fraction of sp³-hybridized carbons (Fsp3) is 0.480. The van der Waals surface area contributed by atoms with Crippen molar-refractivity contribution in [2.24, 2.45) is 0 Å². The number of benzene rings is 1. The second kappa shape index (κ2) is 10.9. The van der Waals surface area contributed by atoms with Crippen LogP contribution in [0.15, 0.2) is 42.9 Å². The van der Waals surface area contributed by atoms with E-state index < -0.39 is 12.3 Å². The molecule has 4 rings (SSSR count). The van der Waals surface area contributed by atoms with Crippen molar-refractivity contribution in [1.82, 2.24) is 20.2 Å². The summed E-state index contributed by atoms with van der Waals surface area (Å²) in [4.78, 5) is 25.9.